The molecule has 3 heteroatoms. The van der Waals surface area contributed by atoms with E-state index in [1.807, 2.05) is 24.3 Å². The van der Waals surface area contributed by atoms with Crippen molar-refractivity contribution >= 4 is 34.1 Å². The van der Waals surface area contributed by atoms with Gasteiger partial charge in [-0.1, -0.05) is 59.7 Å². The smallest absolute Gasteiger partial charge is 0.127 e. The van der Waals surface area contributed by atoms with Crippen molar-refractivity contribution < 1.29 is 4.74 Å². The van der Waals surface area contributed by atoms with Crippen LogP contribution in [0.3, 0.4) is 0 Å². The lowest BCUT2D eigenvalue weighted by atomic mass is 10.1. The monoisotopic (exact) mass is 560 g/mol. The Balaban J connectivity index is 1.25. The van der Waals surface area contributed by atoms with Crippen molar-refractivity contribution in [1.82, 2.24) is 0 Å². The first kappa shape index (κ1) is 27.9. The summed E-state index contributed by atoms with van der Waals surface area (Å²) in [5.41, 5.74) is 11.6. The Hall–Kier alpha value is -5.28. The molecule has 0 unspecified atom stereocenters. The minimum Gasteiger partial charge on any atom is -0.457 e. The minimum absolute atomic E-state index is 0.790. The van der Waals surface area contributed by atoms with Crippen LogP contribution in [0.2, 0.25) is 0 Å². The molecule has 0 amide bonds. The van der Waals surface area contributed by atoms with Gasteiger partial charge in [0.25, 0.3) is 0 Å². The zero-order valence-electron chi connectivity index (χ0n) is 25.2. The first-order valence-electron chi connectivity index (χ1n) is 14.7. The molecular weight excluding hydrogens is 524 g/mol. The van der Waals surface area contributed by atoms with Gasteiger partial charge in [0, 0.05) is 34.1 Å². The molecule has 0 aromatic heterocycles. The van der Waals surface area contributed by atoms with Gasteiger partial charge >= 0.3 is 0 Å². The van der Waals surface area contributed by atoms with E-state index in [-0.39, 0.29) is 0 Å². The van der Waals surface area contributed by atoms with Gasteiger partial charge in [-0.15, -0.1) is 0 Å². The van der Waals surface area contributed by atoms with Gasteiger partial charge in [-0.05, 0) is 136 Å². The van der Waals surface area contributed by atoms with Crippen LogP contribution in [0.15, 0.2) is 146 Å². The second-order valence-electron chi connectivity index (χ2n) is 11.1. The fourth-order valence-corrected chi connectivity index (χ4v) is 5.28. The molecule has 6 aromatic rings. The van der Waals surface area contributed by atoms with Crippen LogP contribution < -0.4 is 14.5 Å². The molecule has 212 valence electrons. The van der Waals surface area contributed by atoms with Crippen LogP contribution in [-0.4, -0.2) is 0 Å². The number of hydrogen-bond acceptors (Lipinski definition) is 3. The Bertz CT molecular complexity index is 1670. The van der Waals surface area contributed by atoms with E-state index >= 15 is 0 Å². The topological polar surface area (TPSA) is 15.7 Å². The van der Waals surface area contributed by atoms with Crippen LogP contribution in [0.4, 0.5) is 34.1 Å². The molecule has 0 aliphatic heterocycles. The molecule has 0 atom stereocenters. The van der Waals surface area contributed by atoms with Crippen molar-refractivity contribution in [3.8, 4) is 11.5 Å². The summed E-state index contributed by atoms with van der Waals surface area (Å²) in [7, 11) is 0. The molecule has 6 rings (SSSR count). The van der Waals surface area contributed by atoms with E-state index in [4.69, 9.17) is 4.74 Å². The summed E-state index contributed by atoms with van der Waals surface area (Å²) in [6.45, 7) is 8.48. The molecule has 3 nitrogen and oxygen atoms in total. The van der Waals surface area contributed by atoms with Gasteiger partial charge in [-0.3, -0.25) is 0 Å². The molecule has 0 saturated carbocycles. The molecule has 43 heavy (non-hydrogen) atoms. The van der Waals surface area contributed by atoms with Crippen molar-refractivity contribution in [2.45, 2.75) is 27.7 Å². The minimum atomic E-state index is 0.790. The maximum Gasteiger partial charge on any atom is 0.127 e. The maximum atomic E-state index is 6.30. The number of aryl methyl sites for hydroxylation is 4. The first-order chi connectivity index (χ1) is 20.9. The molecule has 0 fully saturated rings. The van der Waals surface area contributed by atoms with Gasteiger partial charge in [-0.25, -0.2) is 0 Å². The second-order valence-corrected chi connectivity index (χ2v) is 11.1. The Kier molecular flexibility index (Phi) is 7.97. The zero-order chi connectivity index (χ0) is 29.8. The predicted molar refractivity (Wildman–Crippen MR) is 181 cm³/mol. The average Bonchev–Trinajstić information content (AvgIpc) is 3.01. The summed E-state index contributed by atoms with van der Waals surface area (Å²) in [5.74, 6) is 1.58. The quantitative estimate of drug-likeness (QED) is 0.184. The third kappa shape index (κ3) is 6.47. The Morgan fingerprint density at radius 2 is 0.651 bits per heavy atom. The standard InChI is InChI=1S/C40H36N2O/c1-29-11-15-33(16-12-29)41(37-9-5-7-31(3)27-37)35-19-23-39(24-20-35)43-40-25-21-36(22-26-40)42(34-17-13-30(2)14-18-34)38-10-6-8-32(4)28-38/h5-28H,1-4H3. The highest BCUT2D eigenvalue weighted by Crippen LogP contribution is 2.38. The summed E-state index contributed by atoms with van der Waals surface area (Å²) in [6.07, 6.45) is 0. The van der Waals surface area contributed by atoms with E-state index in [1.165, 1.54) is 22.3 Å². The molecule has 6 aromatic carbocycles. The van der Waals surface area contributed by atoms with Crippen LogP contribution >= 0.6 is 0 Å². The normalized spacial score (nSPS) is 10.8. The molecule has 0 aliphatic carbocycles. The number of nitrogens with zero attached hydrogens (tertiary/aromatic N) is 2. The SMILES string of the molecule is Cc1ccc(N(c2ccc(Oc3ccc(N(c4ccc(C)cc4)c4cccc(C)c4)cc3)cc2)c2cccc(C)c2)cc1. The number of anilines is 6. The zero-order valence-corrected chi connectivity index (χ0v) is 25.2. The van der Waals surface area contributed by atoms with Gasteiger partial charge in [0.15, 0.2) is 0 Å². The maximum absolute atomic E-state index is 6.30. The molecule has 0 N–H and O–H groups in total. The highest BCUT2D eigenvalue weighted by molar-refractivity contribution is 5.78. The number of rotatable bonds is 8. The van der Waals surface area contributed by atoms with Crippen molar-refractivity contribution in [1.29, 1.82) is 0 Å². The summed E-state index contributed by atoms with van der Waals surface area (Å²) in [6, 6.07) is 51.0. The molecule has 0 radical (unpaired) electrons. The van der Waals surface area contributed by atoms with Crippen LogP contribution in [-0.2, 0) is 0 Å². The van der Waals surface area contributed by atoms with Crippen molar-refractivity contribution in [3.63, 3.8) is 0 Å². The molecule has 0 bridgehead atoms. The van der Waals surface area contributed by atoms with Crippen molar-refractivity contribution in [2.24, 2.45) is 0 Å². The third-order valence-electron chi connectivity index (χ3n) is 7.53. The molecule has 0 heterocycles. The lowest BCUT2D eigenvalue weighted by Crippen LogP contribution is -2.10. The van der Waals surface area contributed by atoms with Gasteiger partial charge in [-0.2, -0.15) is 0 Å². The fourth-order valence-electron chi connectivity index (χ4n) is 5.28. The van der Waals surface area contributed by atoms with Crippen LogP contribution in [0, 0.1) is 27.7 Å². The lowest BCUT2D eigenvalue weighted by molar-refractivity contribution is 0.483. The van der Waals surface area contributed by atoms with Gasteiger partial charge in [0.2, 0.25) is 0 Å². The van der Waals surface area contributed by atoms with Crippen molar-refractivity contribution in [3.05, 3.63) is 168 Å². The van der Waals surface area contributed by atoms with Gasteiger partial charge in [0.05, 0.1) is 0 Å². The second kappa shape index (κ2) is 12.3. The Labute approximate surface area is 255 Å². The third-order valence-corrected chi connectivity index (χ3v) is 7.53. The Morgan fingerprint density at radius 1 is 0.326 bits per heavy atom. The van der Waals surface area contributed by atoms with E-state index < -0.39 is 0 Å². The van der Waals surface area contributed by atoms with E-state index in [9.17, 15) is 0 Å². The van der Waals surface area contributed by atoms with Crippen LogP contribution in [0.1, 0.15) is 22.3 Å². The highest BCUT2D eigenvalue weighted by Gasteiger charge is 2.15. The summed E-state index contributed by atoms with van der Waals surface area (Å²) >= 11 is 0. The van der Waals surface area contributed by atoms with Crippen molar-refractivity contribution in [2.75, 3.05) is 9.80 Å². The molecule has 0 saturated heterocycles. The van der Waals surface area contributed by atoms with E-state index in [1.54, 1.807) is 0 Å². The number of benzene rings is 6. The molecule has 0 aliphatic rings. The average molecular weight is 561 g/mol. The van der Waals surface area contributed by atoms with Crippen LogP contribution in [0.25, 0.3) is 0 Å². The highest BCUT2D eigenvalue weighted by atomic mass is 16.5. The van der Waals surface area contributed by atoms with E-state index in [2.05, 4.69) is 159 Å². The summed E-state index contributed by atoms with van der Waals surface area (Å²) in [4.78, 5) is 4.55. The fraction of sp³-hybridized carbons (Fsp3) is 0.100. The largest absolute Gasteiger partial charge is 0.457 e. The summed E-state index contributed by atoms with van der Waals surface area (Å²) < 4.78 is 6.30. The predicted octanol–water partition coefficient (Wildman–Crippen LogP) is 11.7. The van der Waals surface area contributed by atoms with Gasteiger partial charge < -0.3 is 14.5 Å². The first-order valence-corrected chi connectivity index (χ1v) is 14.7. The molecule has 0 spiro atoms. The summed E-state index contributed by atoms with van der Waals surface area (Å²) in [5, 5.41) is 0. The van der Waals surface area contributed by atoms with E-state index in [0.29, 0.717) is 0 Å². The number of ether oxygens (including phenoxy) is 1. The van der Waals surface area contributed by atoms with Gasteiger partial charge in [0.1, 0.15) is 11.5 Å². The lowest BCUT2D eigenvalue weighted by Gasteiger charge is -2.26. The number of hydrogen-bond donors (Lipinski definition) is 0. The van der Waals surface area contributed by atoms with Crippen LogP contribution in [0.5, 0.6) is 11.5 Å². The molecular formula is C40H36N2O. The van der Waals surface area contributed by atoms with E-state index in [0.717, 1.165) is 45.6 Å². The Morgan fingerprint density at radius 3 is 0.977 bits per heavy atom.